The Morgan fingerprint density at radius 3 is 2.26 bits per heavy atom. The van der Waals surface area contributed by atoms with E-state index in [1.807, 2.05) is 13.8 Å². The van der Waals surface area contributed by atoms with Crippen molar-refractivity contribution in [1.82, 2.24) is 5.32 Å². The topological polar surface area (TPSA) is 49.3 Å². The van der Waals surface area contributed by atoms with Crippen molar-refractivity contribution in [2.45, 2.75) is 32.8 Å². The fourth-order valence-electron chi connectivity index (χ4n) is 1.93. The molecule has 1 aromatic rings. The Morgan fingerprint density at radius 1 is 1.26 bits per heavy atom. The van der Waals surface area contributed by atoms with Crippen molar-refractivity contribution >= 4 is 5.91 Å². The van der Waals surface area contributed by atoms with Crippen molar-refractivity contribution in [3.05, 3.63) is 35.4 Å². The van der Waals surface area contributed by atoms with Crippen molar-refractivity contribution in [2.24, 2.45) is 5.92 Å². The van der Waals surface area contributed by atoms with Crippen molar-refractivity contribution in [1.29, 1.82) is 0 Å². The van der Waals surface area contributed by atoms with Gasteiger partial charge in [0.25, 0.3) is 0 Å². The van der Waals surface area contributed by atoms with E-state index in [1.165, 1.54) is 6.07 Å². The second-order valence-corrected chi connectivity index (χ2v) is 4.41. The Labute approximate surface area is 111 Å². The Hall–Kier alpha value is -1.49. The second-order valence-electron chi connectivity index (χ2n) is 4.41. The summed E-state index contributed by atoms with van der Waals surface area (Å²) in [6.07, 6.45) is -0.0154. The van der Waals surface area contributed by atoms with Gasteiger partial charge in [0.05, 0.1) is 5.56 Å². The van der Waals surface area contributed by atoms with Gasteiger partial charge in [-0.2, -0.15) is 0 Å². The van der Waals surface area contributed by atoms with E-state index in [4.69, 9.17) is 0 Å². The normalized spacial score (nSPS) is 12.5. The quantitative estimate of drug-likeness (QED) is 0.835. The lowest BCUT2D eigenvalue weighted by Gasteiger charge is -2.16. The molecule has 19 heavy (non-hydrogen) atoms. The monoisotopic (exact) mass is 271 g/mol. The summed E-state index contributed by atoms with van der Waals surface area (Å²) in [6.45, 7) is 3.58. The molecule has 1 atom stereocenters. The SMILES string of the molecule is CCC(CC)C(=O)NCC(O)c1c(F)cccc1F. The van der Waals surface area contributed by atoms with Gasteiger partial charge in [-0.05, 0) is 25.0 Å². The number of amides is 1. The first kappa shape index (κ1) is 15.6. The summed E-state index contributed by atoms with van der Waals surface area (Å²) in [7, 11) is 0. The molecule has 0 radical (unpaired) electrons. The first-order valence-corrected chi connectivity index (χ1v) is 6.40. The van der Waals surface area contributed by atoms with Crippen molar-refractivity contribution in [2.75, 3.05) is 6.54 Å². The summed E-state index contributed by atoms with van der Waals surface area (Å²) in [5.74, 6) is -1.98. The van der Waals surface area contributed by atoms with Gasteiger partial charge in [-0.3, -0.25) is 4.79 Å². The number of halogens is 2. The fraction of sp³-hybridized carbons (Fsp3) is 0.500. The maximum absolute atomic E-state index is 13.4. The van der Waals surface area contributed by atoms with Crippen LogP contribution < -0.4 is 5.32 Å². The lowest BCUT2D eigenvalue weighted by Crippen LogP contribution is -2.33. The summed E-state index contributed by atoms with van der Waals surface area (Å²) in [6, 6.07) is 3.37. The molecule has 0 aliphatic rings. The largest absolute Gasteiger partial charge is 0.386 e. The number of rotatable bonds is 6. The molecule has 3 nitrogen and oxygen atoms in total. The minimum atomic E-state index is -1.39. The minimum Gasteiger partial charge on any atom is -0.386 e. The van der Waals surface area contributed by atoms with Crippen LogP contribution in [-0.2, 0) is 4.79 Å². The molecule has 0 saturated carbocycles. The van der Waals surface area contributed by atoms with Crippen LogP contribution in [0.15, 0.2) is 18.2 Å². The molecule has 0 heterocycles. The van der Waals surface area contributed by atoms with E-state index >= 15 is 0 Å². The molecule has 0 bridgehead atoms. The highest BCUT2D eigenvalue weighted by Crippen LogP contribution is 2.20. The van der Waals surface area contributed by atoms with Gasteiger partial charge < -0.3 is 10.4 Å². The molecular weight excluding hydrogens is 252 g/mol. The molecule has 1 unspecified atom stereocenters. The van der Waals surface area contributed by atoms with Crippen molar-refractivity contribution in [3.63, 3.8) is 0 Å². The van der Waals surface area contributed by atoms with Gasteiger partial charge in [0.1, 0.15) is 17.7 Å². The maximum atomic E-state index is 13.4. The van der Waals surface area contributed by atoms with Crippen LogP contribution in [0.25, 0.3) is 0 Å². The van der Waals surface area contributed by atoms with Crippen molar-refractivity contribution < 1.29 is 18.7 Å². The molecule has 0 saturated heterocycles. The number of hydrogen-bond acceptors (Lipinski definition) is 2. The van der Waals surface area contributed by atoms with Crippen molar-refractivity contribution in [3.8, 4) is 0 Å². The van der Waals surface area contributed by atoms with Crippen LogP contribution in [-0.4, -0.2) is 17.6 Å². The van der Waals surface area contributed by atoms with Gasteiger partial charge in [0, 0.05) is 12.5 Å². The fourth-order valence-corrected chi connectivity index (χ4v) is 1.93. The summed E-state index contributed by atoms with van der Waals surface area (Å²) in [4.78, 5) is 11.7. The molecule has 0 spiro atoms. The van der Waals surface area contributed by atoms with Gasteiger partial charge in [0.15, 0.2) is 0 Å². The van der Waals surface area contributed by atoms with Gasteiger partial charge in [0.2, 0.25) is 5.91 Å². The molecule has 1 amide bonds. The van der Waals surface area contributed by atoms with Crippen LogP contribution in [0.5, 0.6) is 0 Å². The van der Waals surface area contributed by atoms with E-state index in [2.05, 4.69) is 5.32 Å². The maximum Gasteiger partial charge on any atom is 0.223 e. The molecule has 0 aliphatic carbocycles. The Balaban J connectivity index is 2.66. The molecule has 2 N–H and O–H groups in total. The number of carbonyl (C=O) groups excluding carboxylic acids is 1. The highest BCUT2D eigenvalue weighted by atomic mass is 19.1. The first-order chi connectivity index (χ1) is 9.01. The Kier molecular flexibility index (Phi) is 5.89. The third-order valence-corrected chi connectivity index (χ3v) is 3.16. The van der Waals surface area contributed by atoms with Gasteiger partial charge in [-0.15, -0.1) is 0 Å². The lowest BCUT2D eigenvalue weighted by atomic mass is 10.0. The summed E-state index contributed by atoms with van der Waals surface area (Å²) in [5, 5.41) is 12.3. The van der Waals surface area contributed by atoms with E-state index in [-0.39, 0.29) is 18.4 Å². The second kappa shape index (κ2) is 7.19. The third kappa shape index (κ3) is 3.99. The van der Waals surface area contributed by atoms with E-state index < -0.39 is 23.3 Å². The number of nitrogens with one attached hydrogen (secondary N) is 1. The van der Waals surface area contributed by atoms with E-state index in [9.17, 15) is 18.7 Å². The zero-order valence-corrected chi connectivity index (χ0v) is 11.1. The van der Waals surface area contributed by atoms with Crippen LogP contribution in [0.1, 0.15) is 38.4 Å². The number of benzene rings is 1. The van der Waals surface area contributed by atoms with Crippen LogP contribution in [0.4, 0.5) is 8.78 Å². The molecule has 1 aromatic carbocycles. The number of carbonyl (C=O) groups is 1. The van der Waals surface area contributed by atoms with Crippen LogP contribution in [0.2, 0.25) is 0 Å². The summed E-state index contributed by atoms with van der Waals surface area (Å²) in [5.41, 5.74) is -0.410. The predicted octanol–water partition coefficient (Wildman–Crippen LogP) is 2.55. The number of aliphatic hydroxyl groups excluding tert-OH is 1. The molecule has 0 aromatic heterocycles. The van der Waals surface area contributed by atoms with E-state index in [0.29, 0.717) is 12.8 Å². The van der Waals surface area contributed by atoms with Crippen LogP contribution >= 0.6 is 0 Å². The van der Waals surface area contributed by atoms with E-state index in [1.54, 1.807) is 0 Å². The molecule has 0 aliphatic heterocycles. The summed E-state index contributed by atoms with van der Waals surface area (Å²) >= 11 is 0. The lowest BCUT2D eigenvalue weighted by molar-refractivity contribution is -0.125. The first-order valence-electron chi connectivity index (χ1n) is 6.40. The van der Waals surface area contributed by atoms with Crippen LogP contribution in [0.3, 0.4) is 0 Å². The minimum absolute atomic E-state index is 0.141. The zero-order chi connectivity index (χ0) is 14.4. The number of aliphatic hydroxyl groups is 1. The van der Waals surface area contributed by atoms with E-state index in [0.717, 1.165) is 12.1 Å². The number of hydrogen-bond donors (Lipinski definition) is 2. The third-order valence-electron chi connectivity index (χ3n) is 3.16. The molecular formula is C14H19F2NO2. The average Bonchev–Trinajstić information content (AvgIpc) is 2.37. The van der Waals surface area contributed by atoms with Gasteiger partial charge in [-0.25, -0.2) is 8.78 Å². The van der Waals surface area contributed by atoms with Crippen LogP contribution in [0, 0.1) is 17.6 Å². The molecule has 1 rings (SSSR count). The Morgan fingerprint density at radius 2 is 1.79 bits per heavy atom. The van der Waals surface area contributed by atoms with Gasteiger partial charge in [-0.1, -0.05) is 19.9 Å². The Bertz CT molecular complexity index is 413. The zero-order valence-electron chi connectivity index (χ0n) is 11.1. The van der Waals surface area contributed by atoms with Gasteiger partial charge >= 0.3 is 0 Å². The average molecular weight is 271 g/mol. The molecule has 0 fully saturated rings. The highest BCUT2D eigenvalue weighted by molar-refractivity contribution is 5.78. The smallest absolute Gasteiger partial charge is 0.223 e. The molecule has 5 heteroatoms. The summed E-state index contributed by atoms with van der Waals surface area (Å²) < 4.78 is 26.8. The predicted molar refractivity (Wildman–Crippen MR) is 68.4 cm³/mol. The highest BCUT2D eigenvalue weighted by Gasteiger charge is 2.20. The molecule has 106 valence electrons. The standard InChI is InChI=1S/C14H19F2NO2/c1-3-9(4-2)14(19)17-8-12(18)13-10(15)6-5-7-11(13)16/h5-7,9,12,18H,3-4,8H2,1-2H3,(H,17,19).